The van der Waals surface area contributed by atoms with Crippen molar-refractivity contribution in [3.8, 4) is 11.5 Å². The second kappa shape index (κ2) is 14.0. The normalized spacial score (nSPS) is 19.5. The summed E-state index contributed by atoms with van der Waals surface area (Å²) < 4.78 is 34.5. The minimum absolute atomic E-state index is 0. The number of hydrogen-bond donors (Lipinski definition) is 2. The monoisotopic (exact) mass is 630 g/mol. The summed E-state index contributed by atoms with van der Waals surface area (Å²) in [4.78, 5) is 7.61. The van der Waals surface area contributed by atoms with E-state index in [0.29, 0.717) is 11.2 Å². The van der Waals surface area contributed by atoms with E-state index < -0.39 is 21.1 Å². The Labute approximate surface area is 247 Å². The highest BCUT2D eigenvalue weighted by Crippen LogP contribution is 2.42. The molecule has 0 bridgehead atoms. The fraction of sp³-hybridized carbons (Fsp3) is 0.583. The molecule has 4 rings (SSSR count). The van der Waals surface area contributed by atoms with E-state index in [4.69, 9.17) is 38.1 Å². The molecule has 0 aliphatic carbocycles. The van der Waals surface area contributed by atoms with Gasteiger partial charge in [0.15, 0.2) is 5.75 Å². The van der Waals surface area contributed by atoms with Crippen LogP contribution in [0.5, 0.6) is 11.5 Å². The molecule has 4 heterocycles. The quantitative estimate of drug-likeness (QED) is 0.487. The van der Waals surface area contributed by atoms with E-state index in [1.807, 2.05) is 61.5 Å². The molecule has 15 heteroatoms. The topological polar surface area (TPSA) is 122 Å². The molecule has 0 unspecified atom stereocenters. The Morgan fingerprint density at radius 1 is 0.718 bits per heavy atom. The average Bonchev–Trinajstić information content (AvgIpc) is 3.19. The van der Waals surface area contributed by atoms with Crippen LogP contribution in [0, 0.1) is 0 Å². The van der Waals surface area contributed by atoms with Gasteiger partial charge in [-0.2, -0.15) is 0 Å². The Bertz CT molecular complexity index is 1000. The van der Waals surface area contributed by atoms with Crippen LogP contribution in [0.15, 0.2) is 41.4 Å². The molecule has 216 valence electrons. The highest BCUT2D eigenvalue weighted by atomic mass is 79.9. The lowest BCUT2D eigenvalue weighted by atomic mass is 9.49. The third kappa shape index (κ3) is 8.80. The molecular formula is C24H39B3BrClN2O8. The molecule has 0 atom stereocenters. The van der Waals surface area contributed by atoms with Gasteiger partial charge < -0.3 is 38.1 Å². The smallest absolute Gasteiger partial charge is 0.492 e. The summed E-state index contributed by atoms with van der Waals surface area (Å²) in [6, 6.07) is 3.32. The zero-order chi connectivity index (χ0) is 28.9. The van der Waals surface area contributed by atoms with Crippen molar-refractivity contribution >= 4 is 54.9 Å². The lowest BCUT2D eigenvalue weighted by Crippen LogP contribution is -2.41. The second-order valence-electron chi connectivity index (χ2n) is 10.8. The summed E-state index contributed by atoms with van der Waals surface area (Å²) in [7, 11) is 0.602. The predicted octanol–water partition coefficient (Wildman–Crippen LogP) is 3.29. The van der Waals surface area contributed by atoms with Gasteiger partial charge in [0.2, 0.25) is 0 Å². The van der Waals surface area contributed by atoms with Gasteiger partial charge >= 0.3 is 21.1 Å². The second-order valence-corrected chi connectivity index (χ2v) is 11.6. The maximum atomic E-state index is 8.78. The van der Waals surface area contributed by atoms with Crippen molar-refractivity contribution < 1.29 is 38.1 Å². The third-order valence-electron chi connectivity index (χ3n) is 7.03. The minimum atomic E-state index is -1.51. The third-order valence-corrected chi connectivity index (χ3v) is 7.69. The van der Waals surface area contributed by atoms with Crippen LogP contribution in [0.3, 0.4) is 0 Å². The van der Waals surface area contributed by atoms with Crippen molar-refractivity contribution in [3.63, 3.8) is 0 Å². The summed E-state index contributed by atoms with van der Waals surface area (Å²) in [6.45, 7) is 16.2. The van der Waals surface area contributed by atoms with Gasteiger partial charge in [-0.15, -0.1) is 12.4 Å². The summed E-state index contributed by atoms with van der Waals surface area (Å²) in [5, 5.41) is 17.6. The van der Waals surface area contributed by atoms with Crippen LogP contribution in [-0.2, 0) is 18.6 Å². The van der Waals surface area contributed by atoms with Crippen LogP contribution >= 0.6 is 28.3 Å². The van der Waals surface area contributed by atoms with Gasteiger partial charge in [0.1, 0.15) is 5.75 Å². The Morgan fingerprint density at radius 2 is 1.08 bits per heavy atom. The first kappa shape index (κ1) is 35.7. The highest BCUT2D eigenvalue weighted by Gasteiger charge is 2.63. The number of methoxy groups -OCH3 is 2. The van der Waals surface area contributed by atoms with E-state index in [9.17, 15) is 0 Å². The van der Waals surface area contributed by atoms with Gasteiger partial charge in [0, 0.05) is 17.9 Å². The lowest BCUT2D eigenvalue weighted by Gasteiger charge is -2.32. The molecule has 2 aromatic heterocycles. The van der Waals surface area contributed by atoms with Crippen LogP contribution in [0.4, 0.5) is 0 Å². The fourth-order valence-electron chi connectivity index (χ4n) is 3.29. The van der Waals surface area contributed by atoms with Gasteiger partial charge in [-0.05, 0) is 83.5 Å². The van der Waals surface area contributed by atoms with Crippen LogP contribution in [-0.4, -0.2) is 77.8 Å². The number of hydrogen-bond acceptors (Lipinski definition) is 10. The number of halogens is 2. The van der Waals surface area contributed by atoms with Crippen molar-refractivity contribution in [2.45, 2.75) is 77.8 Å². The molecule has 0 aromatic carbocycles. The highest BCUT2D eigenvalue weighted by molar-refractivity contribution is 9.10. The maximum Gasteiger partial charge on any atom is 0.492 e. The zero-order valence-electron chi connectivity index (χ0n) is 24.2. The van der Waals surface area contributed by atoms with Crippen molar-refractivity contribution in [3.05, 3.63) is 41.4 Å². The van der Waals surface area contributed by atoms with Gasteiger partial charge in [-0.3, -0.25) is 9.97 Å². The molecule has 2 saturated heterocycles. The standard InChI is InChI=1S/C12H24B2O4.C6H8BNO3.C6H6BrNO.ClH/c1-9(2)10(3,4)16-13(15-9)14-17-11(5,6)12(7,8)18-14;1-11-6-4-8-3-2-5(6)7(9)10;1-9-6-4-8-3-2-5(6)7;/h1-8H3;2-4,9-10H,1H3;2-4H,1H3;1H. The van der Waals surface area contributed by atoms with Crippen LogP contribution in [0.25, 0.3) is 0 Å². The maximum absolute atomic E-state index is 8.78. The van der Waals surface area contributed by atoms with Gasteiger partial charge in [0.25, 0.3) is 0 Å². The Kier molecular flexibility index (Phi) is 12.8. The molecular weight excluding hydrogens is 592 g/mol. The lowest BCUT2D eigenvalue weighted by molar-refractivity contribution is 0.00578. The number of aromatic nitrogens is 2. The molecule has 0 radical (unpaired) electrons. The van der Waals surface area contributed by atoms with E-state index in [1.165, 1.54) is 25.6 Å². The molecule has 39 heavy (non-hydrogen) atoms. The Hall–Kier alpha value is -1.38. The van der Waals surface area contributed by atoms with Crippen LogP contribution in [0.2, 0.25) is 0 Å². The minimum Gasteiger partial charge on any atom is -0.496 e. The molecule has 2 N–H and O–H groups in total. The van der Waals surface area contributed by atoms with E-state index >= 15 is 0 Å². The molecule has 2 aromatic rings. The van der Waals surface area contributed by atoms with Crippen LogP contribution in [0.1, 0.15) is 55.4 Å². The molecule has 0 saturated carbocycles. The number of nitrogens with zero attached hydrogens (tertiary/aromatic N) is 2. The molecule has 2 aliphatic heterocycles. The number of ether oxygens (including phenoxy) is 2. The molecule has 0 amide bonds. The molecule has 2 fully saturated rings. The zero-order valence-corrected chi connectivity index (χ0v) is 26.6. The van der Waals surface area contributed by atoms with Gasteiger partial charge in [-0.1, -0.05) is 0 Å². The van der Waals surface area contributed by atoms with E-state index in [-0.39, 0.29) is 34.8 Å². The summed E-state index contributed by atoms with van der Waals surface area (Å²) in [6.07, 6.45) is 6.25. The molecule has 2 aliphatic rings. The van der Waals surface area contributed by atoms with Crippen molar-refractivity contribution in [2.24, 2.45) is 0 Å². The first-order valence-electron chi connectivity index (χ1n) is 12.2. The van der Waals surface area contributed by atoms with Gasteiger partial charge in [-0.25, -0.2) is 0 Å². The summed E-state index contributed by atoms with van der Waals surface area (Å²) in [5.41, 5.74) is -1.12. The Balaban J connectivity index is 0.000000312. The molecule has 10 nitrogen and oxygen atoms in total. The summed E-state index contributed by atoms with van der Waals surface area (Å²) in [5.74, 6) is 1.14. The van der Waals surface area contributed by atoms with Gasteiger partial charge in [0.05, 0.1) is 53.5 Å². The predicted molar refractivity (Wildman–Crippen MR) is 159 cm³/mol. The fourth-order valence-corrected chi connectivity index (χ4v) is 3.67. The van der Waals surface area contributed by atoms with Crippen molar-refractivity contribution in [2.75, 3.05) is 14.2 Å². The number of rotatable bonds is 4. The largest absolute Gasteiger partial charge is 0.496 e. The molecule has 0 spiro atoms. The van der Waals surface area contributed by atoms with Crippen molar-refractivity contribution in [1.82, 2.24) is 9.97 Å². The van der Waals surface area contributed by atoms with E-state index in [1.54, 1.807) is 19.5 Å². The first-order valence-corrected chi connectivity index (χ1v) is 13.0. The van der Waals surface area contributed by atoms with E-state index in [2.05, 4.69) is 25.9 Å². The average molecular weight is 631 g/mol. The summed E-state index contributed by atoms with van der Waals surface area (Å²) >= 11 is 3.29. The first-order chi connectivity index (χ1) is 17.5. The Morgan fingerprint density at radius 3 is 1.36 bits per heavy atom. The van der Waals surface area contributed by atoms with E-state index in [0.717, 1.165) is 10.2 Å². The van der Waals surface area contributed by atoms with Crippen LogP contribution < -0.4 is 14.9 Å². The number of pyridine rings is 2. The van der Waals surface area contributed by atoms with Crippen molar-refractivity contribution in [1.29, 1.82) is 0 Å². The SMILES string of the molecule is CC1(C)OB(B2OC(C)(C)C(C)(C)O2)OC1(C)C.COc1cnccc1B(O)O.COc1cnccc1Br.Cl.